The van der Waals surface area contributed by atoms with Crippen molar-refractivity contribution in [2.45, 2.75) is 100 Å². The molecule has 5 fully saturated rings. The molecule has 0 aromatic heterocycles. The summed E-state index contributed by atoms with van der Waals surface area (Å²) in [5.41, 5.74) is 1.52. The molecule has 0 spiro atoms. The molecule has 1 heterocycles. The predicted molar refractivity (Wildman–Crippen MR) is 130 cm³/mol. The van der Waals surface area contributed by atoms with Gasteiger partial charge in [0.15, 0.2) is 11.5 Å². The Morgan fingerprint density at radius 2 is 1.88 bits per heavy atom. The Kier molecular flexibility index (Phi) is 5.13. The minimum atomic E-state index is -0.0454. The van der Waals surface area contributed by atoms with Crippen LogP contribution in [0, 0.1) is 22.7 Å². The summed E-state index contributed by atoms with van der Waals surface area (Å²) >= 11 is 0. The van der Waals surface area contributed by atoms with Crippen LogP contribution in [0.1, 0.15) is 83.6 Å². The molecule has 4 heteroatoms. The third kappa shape index (κ3) is 2.96. The van der Waals surface area contributed by atoms with Crippen molar-refractivity contribution in [3.05, 3.63) is 23.8 Å². The average molecular weight is 456 g/mol. The van der Waals surface area contributed by atoms with Crippen molar-refractivity contribution in [2.75, 3.05) is 7.11 Å². The zero-order chi connectivity index (χ0) is 22.1. The number of hydrogen-bond acceptors (Lipinski definition) is 3. The van der Waals surface area contributed by atoms with E-state index < -0.39 is 0 Å². The summed E-state index contributed by atoms with van der Waals surface area (Å²) in [5.74, 6) is 4.92. The van der Waals surface area contributed by atoms with E-state index in [1.165, 1.54) is 44.1 Å². The number of benzene rings is 1. The van der Waals surface area contributed by atoms with Gasteiger partial charge >= 0.3 is 0 Å². The highest BCUT2D eigenvalue weighted by Gasteiger charge is 2.75. The summed E-state index contributed by atoms with van der Waals surface area (Å²) in [7, 11) is 2.03. The molecule has 5 aliphatic rings. The van der Waals surface area contributed by atoms with Gasteiger partial charge in [-0.25, -0.2) is 0 Å². The molecule has 4 aliphatic carbocycles. The topological polar surface area (TPSA) is 35.5 Å². The number of ketones is 1. The Morgan fingerprint density at radius 1 is 1.06 bits per heavy atom. The molecule has 174 valence electrons. The Bertz CT molecular complexity index is 904. The molecule has 6 atom stereocenters. The molecule has 1 aromatic carbocycles. The fraction of sp³-hybridized carbons (Fsp3) is 0.750. The van der Waals surface area contributed by atoms with Crippen LogP contribution < -0.4 is 9.47 Å². The molecular weight excluding hydrogens is 416 g/mol. The van der Waals surface area contributed by atoms with Gasteiger partial charge in [0.2, 0.25) is 0 Å². The van der Waals surface area contributed by atoms with E-state index in [0.29, 0.717) is 23.1 Å². The quantitative estimate of drug-likeness (QED) is 0.488. The predicted octanol–water partition coefficient (Wildman–Crippen LogP) is 6.08. The Labute approximate surface area is 196 Å². The van der Waals surface area contributed by atoms with Crippen LogP contribution in [0.4, 0.5) is 0 Å². The maximum Gasteiger partial charge on any atom is 0.162 e. The molecular formula is C28H39O3S+. The number of fused-ring (bicyclic) bond motifs is 4. The zero-order valence-corrected chi connectivity index (χ0v) is 20.8. The maximum atomic E-state index is 13.5. The number of methoxy groups -OCH3 is 1. The molecule has 1 aromatic rings. The molecule has 32 heavy (non-hydrogen) atoms. The van der Waals surface area contributed by atoms with E-state index in [0.717, 1.165) is 54.1 Å². The average Bonchev–Trinajstić information content (AvgIpc) is 3.57. The molecule has 1 aliphatic heterocycles. The number of hydrogen-bond donors (Lipinski definition) is 0. The second kappa shape index (κ2) is 7.68. The van der Waals surface area contributed by atoms with Crippen LogP contribution in [0.25, 0.3) is 0 Å². The Hall–Kier alpha value is -1.16. The zero-order valence-electron chi connectivity index (χ0n) is 20.0. The highest BCUT2D eigenvalue weighted by molar-refractivity contribution is 7.97. The van der Waals surface area contributed by atoms with Crippen molar-refractivity contribution in [1.82, 2.24) is 0 Å². The monoisotopic (exact) mass is 455 g/mol. The van der Waals surface area contributed by atoms with Crippen LogP contribution in [0.5, 0.6) is 11.5 Å². The number of Topliss-reactive ketones (excluding diaryl/α,β-unsaturated/α-hetero) is 1. The van der Waals surface area contributed by atoms with E-state index in [-0.39, 0.29) is 21.7 Å². The van der Waals surface area contributed by atoms with Gasteiger partial charge in [0.1, 0.15) is 22.0 Å². The second-order valence-corrected chi connectivity index (χ2v) is 14.2. The lowest BCUT2D eigenvalue weighted by molar-refractivity contribution is -0.130. The van der Waals surface area contributed by atoms with Gasteiger partial charge < -0.3 is 9.47 Å². The van der Waals surface area contributed by atoms with E-state index >= 15 is 0 Å². The Morgan fingerprint density at radius 3 is 2.56 bits per heavy atom. The lowest BCUT2D eigenvalue weighted by Crippen LogP contribution is -2.53. The minimum Gasteiger partial charge on any atom is -0.493 e. The molecule has 0 amide bonds. The molecule has 4 bridgehead atoms. The lowest BCUT2D eigenvalue weighted by atomic mass is 9.64. The summed E-state index contributed by atoms with van der Waals surface area (Å²) in [6.45, 7) is 4.87. The normalized spacial score (nSPS) is 39.8. The van der Waals surface area contributed by atoms with Crippen molar-refractivity contribution in [3.8, 4) is 11.5 Å². The first-order valence-electron chi connectivity index (χ1n) is 13.0. The van der Waals surface area contributed by atoms with Crippen molar-refractivity contribution < 1.29 is 14.3 Å². The summed E-state index contributed by atoms with van der Waals surface area (Å²) in [5, 5.41) is 1.43. The van der Waals surface area contributed by atoms with Gasteiger partial charge in [-0.05, 0) is 85.7 Å². The molecule has 1 saturated heterocycles. The molecule has 3 nitrogen and oxygen atoms in total. The third-order valence-electron chi connectivity index (χ3n) is 10.2. The van der Waals surface area contributed by atoms with Crippen LogP contribution in [0.15, 0.2) is 18.2 Å². The van der Waals surface area contributed by atoms with Gasteiger partial charge in [-0.3, -0.25) is 4.79 Å². The first-order chi connectivity index (χ1) is 15.4. The van der Waals surface area contributed by atoms with Crippen LogP contribution >= 0.6 is 0 Å². The van der Waals surface area contributed by atoms with E-state index in [1.54, 1.807) is 7.11 Å². The second-order valence-electron chi connectivity index (χ2n) is 11.8. The van der Waals surface area contributed by atoms with Crippen LogP contribution in [0.2, 0.25) is 0 Å². The van der Waals surface area contributed by atoms with Crippen molar-refractivity contribution in [3.63, 3.8) is 0 Å². The lowest BCUT2D eigenvalue weighted by Gasteiger charge is -2.43. The summed E-state index contributed by atoms with van der Waals surface area (Å²) in [4.78, 5) is 13.5. The van der Waals surface area contributed by atoms with Crippen LogP contribution in [-0.4, -0.2) is 29.5 Å². The fourth-order valence-corrected chi connectivity index (χ4v) is 12.6. The van der Waals surface area contributed by atoms with E-state index in [9.17, 15) is 4.79 Å². The first kappa shape index (κ1) is 21.4. The molecule has 0 N–H and O–H groups in total. The fourth-order valence-electron chi connectivity index (χ4n) is 8.51. The van der Waals surface area contributed by atoms with Crippen molar-refractivity contribution in [2.24, 2.45) is 22.7 Å². The first-order valence-corrected chi connectivity index (χ1v) is 14.5. The number of ether oxygens (including phenoxy) is 2. The smallest absolute Gasteiger partial charge is 0.162 e. The maximum absolute atomic E-state index is 13.5. The van der Waals surface area contributed by atoms with Gasteiger partial charge in [0.25, 0.3) is 0 Å². The minimum absolute atomic E-state index is 0.0454. The number of carbonyl (C=O) groups is 1. The standard InChI is InChI=1S/C28H39O3S/c1-27(2)20-12-13-28(27,25(29)16-20)26-19-9-10-22(15-19)32(26)17-18-8-11-23(30-3)24(14-18)31-21-6-4-5-7-21/h8,11,14,19-22,26H,4-7,9-10,12-13,15-17H2,1-3H3/q+1. The van der Waals surface area contributed by atoms with Gasteiger partial charge in [-0.1, -0.05) is 19.9 Å². The van der Waals surface area contributed by atoms with Gasteiger partial charge in [0, 0.05) is 24.3 Å². The van der Waals surface area contributed by atoms with Crippen LogP contribution in [0.3, 0.4) is 0 Å². The Balaban J connectivity index is 1.30. The van der Waals surface area contributed by atoms with Gasteiger partial charge in [-0.15, -0.1) is 0 Å². The summed E-state index contributed by atoms with van der Waals surface area (Å²) in [6.07, 6.45) is 12.6. The van der Waals surface area contributed by atoms with E-state index in [4.69, 9.17) is 9.47 Å². The van der Waals surface area contributed by atoms with Gasteiger partial charge in [0.05, 0.1) is 18.6 Å². The summed E-state index contributed by atoms with van der Waals surface area (Å²) < 4.78 is 12.1. The number of carbonyl (C=O) groups excluding carboxylic acids is 1. The highest BCUT2D eigenvalue weighted by Crippen LogP contribution is 2.70. The molecule has 4 saturated carbocycles. The molecule has 6 rings (SSSR count). The van der Waals surface area contributed by atoms with Crippen molar-refractivity contribution >= 4 is 16.7 Å². The van der Waals surface area contributed by atoms with Crippen molar-refractivity contribution in [1.29, 1.82) is 0 Å². The summed E-state index contributed by atoms with van der Waals surface area (Å²) in [6, 6.07) is 6.64. The van der Waals surface area contributed by atoms with Gasteiger partial charge in [-0.2, -0.15) is 0 Å². The third-order valence-corrected chi connectivity index (χ3v) is 13.6. The highest BCUT2D eigenvalue weighted by atomic mass is 32.2. The van der Waals surface area contributed by atoms with E-state index in [2.05, 4.69) is 32.0 Å². The molecule has 6 unspecified atom stereocenters. The largest absolute Gasteiger partial charge is 0.493 e. The SMILES string of the molecule is COc1ccc(C[S+]2C3CCC(C3)C2C23CCC(CC2=O)C3(C)C)cc1OC1CCCC1. The molecule has 0 radical (unpaired) electrons. The van der Waals surface area contributed by atoms with Crippen LogP contribution in [-0.2, 0) is 21.4 Å². The number of rotatable bonds is 6. The van der Waals surface area contributed by atoms with E-state index in [1.807, 2.05) is 0 Å².